The van der Waals surface area contributed by atoms with Crippen LogP contribution in [0.3, 0.4) is 0 Å². The average molecular weight is 1070 g/mol. The van der Waals surface area contributed by atoms with E-state index < -0.39 is 77.3 Å². The molecule has 8 rings (SSSR count). The first-order valence-electron chi connectivity index (χ1n) is 24.8. The number of anilines is 1. The van der Waals surface area contributed by atoms with Crippen molar-refractivity contribution in [1.29, 1.82) is 0 Å². The van der Waals surface area contributed by atoms with Crippen LogP contribution >= 0.6 is 11.8 Å². The summed E-state index contributed by atoms with van der Waals surface area (Å²) < 4.78 is 70.3. The fraction of sp³-hybridized carbons (Fsp3) is 0.549. The first-order valence-corrected chi connectivity index (χ1v) is 25.8. The Balaban J connectivity index is 1.10. The second kappa shape index (κ2) is 22.0. The molecule has 2 aromatic carbocycles. The zero-order valence-electron chi connectivity index (χ0n) is 42.6. The lowest BCUT2D eigenvalue weighted by molar-refractivity contribution is -0.960. The number of piperidine rings is 1. The number of likely N-dealkylation sites (tertiary alicyclic amines) is 1. The van der Waals surface area contributed by atoms with Gasteiger partial charge in [0.05, 0.1) is 49.0 Å². The summed E-state index contributed by atoms with van der Waals surface area (Å²) in [5.41, 5.74) is -0.911. The number of thioether (sulfide) groups is 1. The smallest absolute Gasteiger partial charge is 0.416 e. The van der Waals surface area contributed by atoms with E-state index in [1.807, 2.05) is 24.6 Å². The molecule has 24 heteroatoms. The number of ether oxygens (including phenoxy) is 4. The molecule has 6 N–H and O–H groups in total. The van der Waals surface area contributed by atoms with Crippen molar-refractivity contribution < 1.29 is 76.2 Å². The fourth-order valence-corrected chi connectivity index (χ4v) is 11.0. The minimum Gasteiger partial charge on any atom is -0.479 e. The lowest BCUT2D eigenvalue weighted by Gasteiger charge is -2.44. The monoisotopic (exact) mass is 1070 g/mol. The predicted octanol–water partition coefficient (Wildman–Crippen LogP) is 4.48. The van der Waals surface area contributed by atoms with Crippen LogP contribution in [0.15, 0.2) is 53.8 Å². The molecule has 4 aliphatic rings. The van der Waals surface area contributed by atoms with Gasteiger partial charge in [0, 0.05) is 54.6 Å². The first-order chi connectivity index (χ1) is 35.4. The number of nitrogens with one attached hydrogen (secondary N) is 2. The summed E-state index contributed by atoms with van der Waals surface area (Å²) in [4.78, 5) is 59.0. The summed E-state index contributed by atoms with van der Waals surface area (Å²) in [6.07, 6.45) is -11.7. The topological polar surface area (TPSA) is 257 Å². The molecule has 0 saturated carbocycles. The lowest BCUT2D eigenvalue weighted by atomic mass is 9.76. The molecule has 0 bridgehead atoms. The van der Waals surface area contributed by atoms with Crippen LogP contribution in [-0.4, -0.2) is 150 Å². The molecule has 4 aromatic rings. The van der Waals surface area contributed by atoms with Gasteiger partial charge in [0.1, 0.15) is 60.7 Å². The van der Waals surface area contributed by atoms with Gasteiger partial charge in [-0.05, 0) is 93.0 Å². The van der Waals surface area contributed by atoms with Crippen LogP contribution in [0, 0.1) is 5.92 Å². The van der Waals surface area contributed by atoms with Gasteiger partial charge in [0.25, 0.3) is 11.8 Å². The van der Waals surface area contributed by atoms with Gasteiger partial charge in [-0.15, -0.1) is 22.0 Å². The average Bonchev–Trinajstić information content (AvgIpc) is 3.88. The van der Waals surface area contributed by atoms with Gasteiger partial charge in [0.15, 0.2) is 6.10 Å². The van der Waals surface area contributed by atoms with Gasteiger partial charge < -0.3 is 59.1 Å². The highest BCUT2D eigenvalue weighted by atomic mass is 32.2. The Morgan fingerprint density at radius 3 is 2.36 bits per heavy atom. The van der Waals surface area contributed by atoms with Crippen LogP contribution in [0.2, 0.25) is 0 Å². The van der Waals surface area contributed by atoms with E-state index in [-0.39, 0.29) is 76.9 Å². The van der Waals surface area contributed by atoms with E-state index in [1.165, 1.54) is 28.8 Å². The van der Waals surface area contributed by atoms with Crippen LogP contribution in [0.1, 0.15) is 102 Å². The zero-order valence-corrected chi connectivity index (χ0v) is 43.4. The van der Waals surface area contributed by atoms with Crippen LogP contribution in [-0.2, 0) is 63.7 Å². The molecule has 406 valence electrons. The third-order valence-corrected chi connectivity index (χ3v) is 14.7. The van der Waals surface area contributed by atoms with Crippen molar-refractivity contribution in [3.8, 4) is 5.75 Å². The van der Waals surface area contributed by atoms with Gasteiger partial charge in [-0.3, -0.25) is 14.5 Å². The normalized spacial score (nSPS) is 24.5. The number of rotatable bonds is 17. The maximum atomic E-state index is 15.3. The van der Waals surface area contributed by atoms with Crippen molar-refractivity contribution >= 4 is 41.5 Å². The van der Waals surface area contributed by atoms with Crippen molar-refractivity contribution in [1.82, 2.24) is 30.4 Å². The van der Waals surface area contributed by atoms with Gasteiger partial charge >= 0.3 is 18.2 Å². The molecule has 75 heavy (non-hydrogen) atoms. The molecule has 3 fully saturated rings. The summed E-state index contributed by atoms with van der Waals surface area (Å²) in [5.74, 6) is -1.45. The van der Waals surface area contributed by atoms with Crippen LogP contribution in [0.4, 0.5) is 23.8 Å². The minimum atomic E-state index is -4.83. The van der Waals surface area contributed by atoms with Crippen molar-refractivity contribution in [2.45, 2.75) is 126 Å². The highest BCUT2D eigenvalue weighted by Crippen LogP contribution is 2.43. The van der Waals surface area contributed by atoms with E-state index in [1.54, 1.807) is 45.3 Å². The van der Waals surface area contributed by atoms with Gasteiger partial charge in [-0.2, -0.15) is 13.2 Å². The minimum absolute atomic E-state index is 0.0487. The van der Waals surface area contributed by atoms with Crippen LogP contribution < -0.4 is 20.3 Å². The van der Waals surface area contributed by atoms with E-state index >= 15 is 13.2 Å². The quantitative estimate of drug-likeness (QED) is 0.0484. The number of carboxylic acids is 1. The molecular formula is C51H64F3N8O12S+. The number of hydrogen-bond acceptors (Lipinski definition) is 15. The number of nitrogens with zero attached hydrogens (tertiary/aromatic N) is 6. The highest BCUT2D eigenvalue weighted by molar-refractivity contribution is 7.99. The molecule has 3 saturated heterocycles. The maximum Gasteiger partial charge on any atom is 0.416 e. The number of alkyl carbamates (subject to hydrolysis) is 1. The Kier molecular flexibility index (Phi) is 16.2. The number of benzene rings is 2. The molecule has 0 aliphatic carbocycles. The lowest BCUT2D eigenvalue weighted by Crippen LogP contribution is -2.61. The number of aromatic nitrogens is 4. The highest BCUT2D eigenvalue weighted by Gasteiger charge is 2.49. The number of carbonyl (C=O) groups excluding carboxylic acids is 3. The number of quaternary nitrogens is 1. The third-order valence-electron chi connectivity index (χ3n) is 13.9. The standard InChI is InChI=1S/C51H63F3N8O12S/c1-7-75-39-19-31(50(25-71-26-50)20-38-59-57-27-60(38)6)18-37(58-39)61-21-34-32(45(61)67)16-30(17-35(34)51(52,53)54)24-62(14-8-9-28(2)22-62)23-29-10-11-36(72-47-42(65)40(63)41(64)43(73-47)46(68)69)33(15-29)44(66)55-12-13-56-48(70)74-49(3,4)5/h10-11,15-19,27-28,40-43,47,63-65H,7-9,12-14,20-26H2,1-6H3,(H2-,55,56,66,68,69,70)/p+1/t28-,40-,41-,42+,43-,47+,62?/m0/s1. The van der Waals surface area contributed by atoms with E-state index in [0.29, 0.717) is 49.1 Å². The number of aliphatic carboxylic acids is 1. The molecule has 2 aromatic heterocycles. The molecule has 0 radical (unpaired) electrons. The van der Waals surface area contributed by atoms with Crippen molar-refractivity contribution in [3.63, 3.8) is 0 Å². The Morgan fingerprint density at radius 1 is 0.987 bits per heavy atom. The Labute approximate surface area is 435 Å². The van der Waals surface area contributed by atoms with E-state index in [2.05, 4.69) is 27.8 Å². The number of alkyl halides is 3. The Bertz CT molecular complexity index is 2790. The van der Waals surface area contributed by atoms with Gasteiger partial charge in [-0.1, -0.05) is 13.8 Å². The van der Waals surface area contributed by atoms with E-state index in [9.17, 15) is 39.6 Å². The number of amides is 3. The number of carboxylic acid groups (broad SMARTS) is 1. The summed E-state index contributed by atoms with van der Waals surface area (Å²) >= 11 is 1.45. The molecule has 20 nitrogen and oxygen atoms in total. The number of aryl methyl sites for hydroxylation is 1. The van der Waals surface area contributed by atoms with E-state index in [4.69, 9.17) is 23.9 Å². The molecular weight excluding hydrogens is 1010 g/mol. The molecule has 3 amide bonds. The molecule has 0 spiro atoms. The summed E-state index contributed by atoms with van der Waals surface area (Å²) in [6.45, 7) is 10.7. The number of aliphatic hydroxyl groups is 3. The van der Waals surface area contributed by atoms with Crippen molar-refractivity contribution in [2.24, 2.45) is 13.0 Å². The van der Waals surface area contributed by atoms with Crippen molar-refractivity contribution in [2.75, 3.05) is 50.0 Å². The largest absolute Gasteiger partial charge is 0.479 e. The molecule has 1 unspecified atom stereocenters. The number of hydrogen-bond donors (Lipinski definition) is 6. The third kappa shape index (κ3) is 12.4. The Morgan fingerprint density at radius 2 is 1.72 bits per heavy atom. The number of carbonyl (C=O) groups is 4. The maximum absolute atomic E-state index is 15.3. The number of aliphatic hydroxyl groups excluding tert-OH is 3. The van der Waals surface area contributed by atoms with Crippen LogP contribution in [0.5, 0.6) is 5.75 Å². The van der Waals surface area contributed by atoms with Gasteiger partial charge in [-0.25, -0.2) is 14.6 Å². The summed E-state index contributed by atoms with van der Waals surface area (Å²) in [6, 6.07) is 10.9. The van der Waals surface area contributed by atoms with Crippen molar-refractivity contribution in [3.05, 3.63) is 93.6 Å². The van der Waals surface area contributed by atoms with Gasteiger partial charge in [0.2, 0.25) is 6.29 Å². The number of pyridine rings is 1. The molecule has 6 heterocycles. The first kappa shape index (κ1) is 55.3. The molecule has 7 atom stereocenters. The summed E-state index contributed by atoms with van der Waals surface area (Å²) in [5, 5.41) is 55.4. The zero-order chi connectivity index (χ0) is 54.2. The predicted molar refractivity (Wildman–Crippen MR) is 264 cm³/mol. The second-order valence-electron chi connectivity index (χ2n) is 21.0. The number of fused-ring (bicyclic) bond motifs is 1. The molecule has 4 aliphatic heterocycles. The number of halogens is 3. The summed E-state index contributed by atoms with van der Waals surface area (Å²) in [7, 11) is 1.84. The van der Waals surface area contributed by atoms with Crippen LogP contribution in [0.25, 0.3) is 0 Å². The Hall–Kier alpha value is -5.89. The SMILES string of the molecule is CCSc1cc(C2(Cc3nncn3C)COC2)cc(N2Cc3c(cc(C[N+]4(Cc5ccc(O[C@@H]6O[C@H](C(=O)O)[C@@H](O)[C@H](O)[C@H]6O)c(C(=O)NCCNC(=O)OC(C)(C)C)c5)CCC[C@H](C)C4)cc3C(F)(F)F)C2=O)n1. The fourth-order valence-electron chi connectivity index (χ4n) is 10.4. The second-order valence-corrected chi connectivity index (χ2v) is 22.3. The van der Waals surface area contributed by atoms with E-state index in [0.717, 1.165) is 30.3 Å².